The molecule has 7 heteroatoms. The summed E-state index contributed by atoms with van der Waals surface area (Å²) in [7, 11) is 0. The van der Waals surface area contributed by atoms with E-state index in [1.54, 1.807) is 6.33 Å². The van der Waals surface area contributed by atoms with Crippen molar-refractivity contribution in [1.29, 1.82) is 0 Å². The number of carbonyl (C=O) groups is 1. The zero-order valence-corrected chi connectivity index (χ0v) is 17.3. The molecule has 0 saturated heterocycles. The van der Waals surface area contributed by atoms with Gasteiger partial charge in [0, 0.05) is 29.8 Å². The largest absolute Gasteiger partial charge is 0.339 e. The van der Waals surface area contributed by atoms with Crippen molar-refractivity contribution in [3.05, 3.63) is 91.1 Å². The first-order chi connectivity index (χ1) is 15.8. The van der Waals surface area contributed by atoms with Crippen molar-refractivity contribution in [3.8, 4) is 17.1 Å². The van der Waals surface area contributed by atoms with Gasteiger partial charge in [-0.25, -0.2) is 4.98 Å². The zero-order chi connectivity index (χ0) is 21.8. The van der Waals surface area contributed by atoms with Crippen LogP contribution in [0.4, 0.5) is 5.69 Å². The van der Waals surface area contributed by atoms with E-state index >= 15 is 0 Å². The fourth-order valence-corrected chi connectivity index (χ4v) is 3.55. The standard InChI is InChI=1S/C25H21N5O2/c31-23(11-6-12-24-28-25(29-32-24)18-7-2-1-3-8-18)27-19-13-15-20(16-14-19)30-17-26-21-9-4-5-10-22(21)30/h1-5,7-10,13-17H,6,11-12H2,(H,27,31). The zero-order valence-electron chi connectivity index (χ0n) is 17.3. The molecule has 1 N–H and O–H groups in total. The second kappa shape index (κ2) is 8.85. The van der Waals surface area contributed by atoms with Gasteiger partial charge >= 0.3 is 0 Å². The van der Waals surface area contributed by atoms with E-state index in [4.69, 9.17) is 4.52 Å². The number of carbonyl (C=O) groups excluding carboxylic acids is 1. The smallest absolute Gasteiger partial charge is 0.226 e. The van der Waals surface area contributed by atoms with Crippen LogP contribution in [0.3, 0.4) is 0 Å². The van der Waals surface area contributed by atoms with Gasteiger partial charge < -0.3 is 9.84 Å². The average Bonchev–Trinajstić information content (AvgIpc) is 3.48. The summed E-state index contributed by atoms with van der Waals surface area (Å²) >= 11 is 0. The van der Waals surface area contributed by atoms with Crippen molar-refractivity contribution in [2.75, 3.05) is 5.32 Å². The van der Waals surface area contributed by atoms with Crippen LogP contribution in [-0.4, -0.2) is 25.6 Å². The van der Waals surface area contributed by atoms with Crippen molar-refractivity contribution >= 4 is 22.6 Å². The predicted molar refractivity (Wildman–Crippen MR) is 122 cm³/mol. The summed E-state index contributed by atoms with van der Waals surface area (Å²) in [5.41, 5.74) is 4.64. The summed E-state index contributed by atoms with van der Waals surface area (Å²) in [5.74, 6) is 1.05. The molecule has 0 radical (unpaired) electrons. The molecule has 0 bridgehead atoms. The number of fused-ring (bicyclic) bond motifs is 1. The third-order valence-electron chi connectivity index (χ3n) is 5.18. The Morgan fingerprint density at radius 2 is 1.72 bits per heavy atom. The topological polar surface area (TPSA) is 85.8 Å². The van der Waals surface area contributed by atoms with Gasteiger partial charge in [0.15, 0.2) is 0 Å². The quantitative estimate of drug-likeness (QED) is 0.396. The number of nitrogens with zero attached hydrogens (tertiary/aromatic N) is 4. The Hall–Kier alpha value is -4.26. The molecule has 0 unspecified atom stereocenters. The molecule has 5 rings (SSSR count). The third kappa shape index (κ3) is 4.27. The summed E-state index contributed by atoms with van der Waals surface area (Å²) < 4.78 is 7.32. The van der Waals surface area contributed by atoms with E-state index < -0.39 is 0 Å². The molecule has 0 fully saturated rings. The van der Waals surface area contributed by atoms with Crippen LogP contribution in [0.5, 0.6) is 0 Å². The van der Waals surface area contributed by atoms with E-state index in [2.05, 4.69) is 20.4 Å². The fourth-order valence-electron chi connectivity index (χ4n) is 3.55. The summed E-state index contributed by atoms with van der Waals surface area (Å²) in [4.78, 5) is 21.1. The Morgan fingerprint density at radius 1 is 0.938 bits per heavy atom. The van der Waals surface area contributed by atoms with Gasteiger partial charge in [-0.3, -0.25) is 9.36 Å². The number of benzene rings is 3. The van der Waals surface area contributed by atoms with Crippen LogP contribution in [0.1, 0.15) is 18.7 Å². The van der Waals surface area contributed by atoms with Gasteiger partial charge in [-0.1, -0.05) is 47.6 Å². The minimum atomic E-state index is -0.0476. The molecule has 0 spiro atoms. The molecule has 32 heavy (non-hydrogen) atoms. The van der Waals surface area contributed by atoms with E-state index in [0.717, 1.165) is 28.0 Å². The van der Waals surface area contributed by atoms with Crippen molar-refractivity contribution in [3.63, 3.8) is 0 Å². The van der Waals surface area contributed by atoms with Crippen molar-refractivity contribution in [1.82, 2.24) is 19.7 Å². The molecule has 2 aromatic heterocycles. The number of aromatic nitrogens is 4. The van der Waals surface area contributed by atoms with Crippen molar-refractivity contribution in [2.45, 2.75) is 19.3 Å². The number of aryl methyl sites for hydroxylation is 1. The Morgan fingerprint density at radius 3 is 2.56 bits per heavy atom. The van der Waals surface area contributed by atoms with Gasteiger partial charge in [0.05, 0.1) is 11.0 Å². The summed E-state index contributed by atoms with van der Waals surface area (Å²) in [6, 6.07) is 25.4. The van der Waals surface area contributed by atoms with Crippen LogP contribution < -0.4 is 5.32 Å². The Kier molecular flexibility index (Phi) is 5.45. The molecular weight excluding hydrogens is 402 g/mol. The lowest BCUT2D eigenvalue weighted by Crippen LogP contribution is -2.11. The van der Waals surface area contributed by atoms with E-state index in [9.17, 15) is 4.79 Å². The van der Waals surface area contributed by atoms with E-state index in [1.165, 1.54) is 0 Å². The normalized spacial score (nSPS) is 11.0. The van der Waals surface area contributed by atoms with Gasteiger partial charge in [-0.15, -0.1) is 0 Å². The fraction of sp³-hybridized carbons (Fsp3) is 0.120. The molecule has 0 saturated carbocycles. The monoisotopic (exact) mass is 423 g/mol. The van der Waals surface area contributed by atoms with Crippen LogP contribution in [0.2, 0.25) is 0 Å². The molecule has 0 aliphatic heterocycles. The Balaban J connectivity index is 1.14. The van der Waals surface area contributed by atoms with Gasteiger partial charge in [0.2, 0.25) is 17.6 Å². The van der Waals surface area contributed by atoms with Crippen LogP contribution in [-0.2, 0) is 11.2 Å². The highest BCUT2D eigenvalue weighted by molar-refractivity contribution is 5.90. The van der Waals surface area contributed by atoms with Crippen LogP contribution in [0.25, 0.3) is 28.1 Å². The molecule has 158 valence electrons. The molecule has 2 heterocycles. The molecular formula is C25H21N5O2. The maximum atomic E-state index is 12.3. The second-order valence-electron chi connectivity index (χ2n) is 7.43. The van der Waals surface area contributed by atoms with Gasteiger partial charge in [0.25, 0.3) is 0 Å². The summed E-state index contributed by atoms with van der Waals surface area (Å²) in [6.07, 6.45) is 3.36. The maximum Gasteiger partial charge on any atom is 0.226 e. The first-order valence-corrected chi connectivity index (χ1v) is 10.5. The van der Waals surface area contributed by atoms with Gasteiger partial charge in [-0.05, 0) is 42.8 Å². The van der Waals surface area contributed by atoms with E-state index in [0.29, 0.717) is 31.0 Å². The molecule has 3 aromatic carbocycles. The van der Waals surface area contributed by atoms with Crippen LogP contribution in [0.15, 0.2) is 89.7 Å². The van der Waals surface area contributed by atoms with E-state index in [1.807, 2.05) is 83.4 Å². The highest BCUT2D eigenvalue weighted by Gasteiger charge is 2.10. The highest BCUT2D eigenvalue weighted by Crippen LogP contribution is 2.20. The minimum absolute atomic E-state index is 0.0476. The number of para-hydroxylation sites is 2. The predicted octanol–water partition coefficient (Wildman–Crippen LogP) is 5.04. The second-order valence-corrected chi connectivity index (χ2v) is 7.43. The maximum absolute atomic E-state index is 12.3. The van der Waals surface area contributed by atoms with Crippen molar-refractivity contribution < 1.29 is 9.32 Å². The third-order valence-corrected chi connectivity index (χ3v) is 5.18. The SMILES string of the molecule is O=C(CCCc1nc(-c2ccccc2)no1)Nc1ccc(-n2cnc3ccccc32)cc1. The molecule has 0 atom stereocenters. The number of hydrogen-bond donors (Lipinski definition) is 1. The lowest BCUT2D eigenvalue weighted by atomic mass is 10.2. The van der Waals surface area contributed by atoms with E-state index in [-0.39, 0.29) is 5.91 Å². The lowest BCUT2D eigenvalue weighted by Gasteiger charge is -2.08. The van der Waals surface area contributed by atoms with Gasteiger partial charge in [-0.2, -0.15) is 4.98 Å². The van der Waals surface area contributed by atoms with Gasteiger partial charge in [0.1, 0.15) is 6.33 Å². The molecule has 7 nitrogen and oxygen atoms in total. The summed E-state index contributed by atoms with van der Waals surface area (Å²) in [6.45, 7) is 0. The number of nitrogens with one attached hydrogen (secondary N) is 1. The number of imidazole rings is 1. The molecule has 0 aliphatic carbocycles. The first kappa shape index (κ1) is 19.7. The average molecular weight is 423 g/mol. The van der Waals surface area contributed by atoms with Crippen LogP contribution in [0, 0.1) is 0 Å². The molecule has 1 amide bonds. The molecule has 5 aromatic rings. The molecule has 0 aliphatic rings. The number of amides is 1. The minimum Gasteiger partial charge on any atom is -0.339 e. The Bertz CT molecular complexity index is 1340. The van der Waals surface area contributed by atoms with Crippen LogP contribution >= 0.6 is 0 Å². The summed E-state index contributed by atoms with van der Waals surface area (Å²) in [5, 5.41) is 6.95. The number of anilines is 1. The van der Waals surface area contributed by atoms with Crippen molar-refractivity contribution in [2.24, 2.45) is 0 Å². The number of hydrogen-bond acceptors (Lipinski definition) is 5. The lowest BCUT2D eigenvalue weighted by molar-refractivity contribution is -0.116. The Labute approximate surface area is 184 Å². The number of rotatable bonds is 7. The highest BCUT2D eigenvalue weighted by atomic mass is 16.5. The first-order valence-electron chi connectivity index (χ1n) is 10.5.